The molecule has 0 bridgehead atoms. The lowest BCUT2D eigenvalue weighted by atomic mass is 10.4. The van der Waals surface area contributed by atoms with E-state index >= 15 is 0 Å². The van der Waals surface area contributed by atoms with Crippen LogP contribution in [0.15, 0.2) is 5.11 Å². The van der Waals surface area contributed by atoms with E-state index < -0.39 is 18.0 Å². The third-order valence-electron chi connectivity index (χ3n) is 1.27. The Morgan fingerprint density at radius 1 is 1.60 bits per heavy atom. The number of carboxylic acids is 1. The van der Waals surface area contributed by atoms with Crippen LogP contribution in [-0.4, -0.2) is 42.9 Å². The maximum absolute atomic E-state index is 10.9. The van der Waals surface area contributed by atoms with Crippen molar-refractivity contribution in [1.29, 1.82) is 0 Å². The number of ether oxygens (including phenoxy) is 2. The Kier molecular flexibility index (Phi) is 6.69. The zero-order chi connectivity index (χ0) is 11.7. The van der Waals surface area contributed by atoms with Crippen molar-refractivity contribution >= 4 is 11.9 Å². The summed E-state index contributed by atoms with van der Waals surface area (Å²) in [6.45, 7) is 1.07. The molecule has 0 spiro atoms. The van der Waals surface area contributed by atoms with Gasteiger partial charge in [-0.05, 0) is 12.5 Å². The maximum Gasteiger partial charge on any atom is 0.344 e. The molecule has 0 heterocycles. The van der Waals surface area contributed by atoms with Crippen LogP contribution in [0.2, 0.25) is 0 Å². The van der Waals surface area contributed by atoms with Crippen molar-refractivity contribution in [3.63, 3.8) is 0 Å². The van der Waals surface area contributed by atoms with Crippen molar-refractivity contribution in [3.8, 4) is 0 Å². The first-order valence-corrected chi connectivity index (χ1v) is 4.08. The van der Waals surface area contributed by atoms with Crippen LogP contribution >= 0.6 is 0 Å². The summed E-state index contributed by atoms with van der Waals surface area (Å²) in [7, 11) is 0. The van der Waals surface area contributed by atoms with Crippen LogP contribution in [0.1, 0.15) is 6.92 Å². The molecule has 1 atom stereocenters. The smallest absolute Gasteiger partial charge is 0.344 e. The van der Waals surface area contributed by atoms with Gasteiger partial charge in [-0.25, -0.2) is 9.59 Å². The second kappa shape index (κ2) is 7.60. The topological polar surface area (TPSA) is 122 Å². The molecule has 0 fully saturated rings. The van der Waals surface area contributed by atoms with Crippen LogP contribution in [0.3, 0.4) is 0 Å². The number of nitrogens with zero attached hydrogens (tertiary/aromatic N) is 3. The average molecular weight is 217 g/mol. The summed E-state index contributed by atoms with van der Waals surface area (Å²) in [5.41, 5.74) is 7.90. The summed E-state index contributed by atoms with van der Waals surface area (Å²) in [4.78, 5) is 23.6. The standard InChI is InChI=1S/C7H11N3O5/c1-5(7(12)13)15-6(11)4-14-3-2-9-10-8/h5H,2-4H2,1H3,(H,12,13). The highest BCUT2D eigenvalue weighted by molar-refractivity contribution is 5.78. The molecule has 0 aliphatic rings. The molecule has 0 rings (SSSR count). The van der Waals surface area contributed by atoms with Crippen LogP contribution in [0, 0.1) is 0 Å². The number of hydrogen-bond donors (Lipinski definition) is 1. The number of carbonyl (C=O) groups excluding carboxylic acids is 1. The highest BCUT2D eigenvalue weighted by Crippen LogP contribution is 1.92. The molecule has 0 aliphatic carbocycles. The largest absolute Gasteiger partial charge is 0.479 e. The molecule has 0 amide bonds. The van der Waals surface area contributed by atoms with Crippen molar-refractivity contribution in [2.24, 2.45) is 5.11 Å². The minimum absolute atomic E-state index is 0.0839. The summed E-state index contributed by atoms with van der Waals surface area (Å²) in [6.07, 6.45) is -1.20. The maximum atomic E-state index is 10.9. The predicted octanol–water partition coefficient (Wildman–Crippen LogP) is 0.330. The van der Waals surface area contributed by atoms with Gasteiger partial charge in [-0.2, -0.15) is 0 Å². The van der Waals surface area contributed by atoms with Crippen molar-refractivity contribution in [2.45, 2.75) is 13.0 Å². The number of esters is 1. The number of azide groups is 1. The molecule has 8 heteroatoms. The molecule has 1 N–H and O–H groups in total. The molecular formula is C7H11N3O5. The van der Waals surface area contributed by atoms with Gasteiger partial charge in [0.25, 0.3) is 0 Å². The first-order chi connectivity index (χ1) is 7.07. The van der Waals surface area contributed by atoms with Crippen molar-refractivity contribution < 1.29 is 24.2 Å². The minimum atomic E-state index is -1.22. The summed E-state index contributed by atoms with van der Waals surface area (Å²) in [5, 5.41) is 11.6. The molecule has 1 unspecified atom stereocenters. The second-order valence-corrected chi connectivity index (χ2v) is 2.48. The Balaban J connectivity index is 3.57. The van der Waals surface area contributed by atoms with Crippen LogP contribution in [0.25, 0.3) is 10.4 Å². The van der Waals surface area contributed by atoms with Crippen LogP contribution in [0.5, 0.6) is 0 Å². The van der Waals surface area contributed by atoms with Crippen molar-refractivity contribution in [2.75, 3.05) is 19.8 Å². The van der Waals surface area contributed by atoms with Crippen molar-refractivity contribution in [1.82, 2.24) is 0 Å². The van der Waals surface area contributed by atoms with E-state index in [-0.39, 0.29) is 19.8 Å². The van der Waals surface area contributed by atoms with Gasteiger partial charge in [-0.1, -0.05) is 5.11 Å². The van der Waals surface area contributed by atoms with E-state index in [2.05, 4.69) is 14.8 Å². The van der Waals surface area contributed by atoms with Crippen molar-refractivity contribution in [3.05, 3.63) is 10.4 Å². The van der Waals surface area contributed by atoms with Crippen LogP contribution in [0.4, 0.5) is 0 Å². The summed E-state index contributed by atoms with van der Waals surface area (Å²) < 4.78 is 9.20. The van der Waals surface area contributed by atoms with Gasteiger partial charge in [0.05, 0.1) is 6.61 Å². The van der Waals surface area contributed by atoms with E-state index in [4.69, 9.17) is 15.4 Å². The summed E-state index contributed by atoms with van der Waals surface area (Å²) >= 11 is 0. The third kappa shape index (κ3) is 7.29. The average Bonchev–Trinajstić information content (AvgIpc) is 2.17. The molecule has 0 aromatic carbocycles. The second-order valence-electron chi connectivity index (χ2n) is 2.48. The molecular weight excluding hydrogens is 206 g/mol. The SMILES string of the molecule is CC(OC(=O)COCCN=[N+]=[N-])C(=O)O. The molecule has 84 valence electrons. The van der Waals surface area contributed by atoms with E-state index in [1.165, 1.54) is 6.92 Å². The Morgan fingerprint density at radius 3 is 2.80 bits per heavy atom. The molecule has 0 radical (unpaired) electrons. The fraction of sp³-hybridized carbons (Fsp3) is 0.714. The highest BCUT2D eigenvalue weighted by atomic mass is 16.6. The zero-order valence-corrected chi connectivity index (χ0v) is 8.12. The van der Waals surface area contributed by atoms with Crippen LogP contribution in [-0.2, 0) is 19.1 Å². The lowest BCUT2D eigenvalue weighted by Crippen LogP contribution is -2.26. The normalized spacial score (nSPS) is 11.3. The highest BCUT2D eigenvalue weighted by Gasteiger charge is 2.15. The summed E-state index contributed by atoms with van der Waals surface area (Å²) in [5.74, 6) is -2.00. The minimum Gasteiger partial charge on any atom is -0.479 e. The van der Waals surface area contributed by atoms with E-state index in [1.54, 1.807) is 0 Å². The number of hydrogen-bond acceptors (Lipinski definition) is 5. The molecule has 0 aromatic rings. The molecule has 0 saturated carbocycles. The van der Waals surface area contributed by atoms with E-state index in [9.17, 15) is 9.59 Å². The third-order valence-corrected chi connectivity index (χ3v) is 1.27. The number of carbonyl (C=O) groups is 2. The van der Waals surface area contributed by atoms with Gasteiger partial charge in [0, 0.05) is 11.5 Å². The van der Waals surface area contributed by atoms with Gasteiger partial charge in [-0.3, -0.25) is 0 Å². The van der Waals surface area contributed by atoms with Gasteiger partial charge in [0.15, 0.2) is 6.10 Å². The fourth-order valence-corrected chi connectivity index (χ4v) is 0.587. The lowest BCUT2D eigenvalue weighted by molar-refractivity contribution is -0.165. The summed E-state index contributed by atoms with van der Waals surface area (Å²) in [6, 6.07) is 0. The monoisotopic (exact) mass is 217 g/mol. The molecule has 0 aliphatic heterocycles. The Labute approximate surface area is 85.4 Å². The quantitative estimate of drug-likeness (QED) is 0.216. The fourth-order valence-electron chi connectivity index (χ4n) is 0.587. The van der Waals surface area contributed by atoms with E-state index in [1.807, 2.05) is 0 Å². The lowest BCUT2D eigenvalue weighted by Gasteiger charge is -2.08. The van der Waals surface area contributed by atoms with Crippen LogP contribution < -0.4 is 0 Å². The zero-order valence-electron chi connectivity index (χ0n) is 8.12. The molecule has 8 nitrogen and oxygen atoms in total. The number of rotatable bonds is 7. The van der Waals surface area contributed by atoms with Gasteiger partial charge in [-0.15, -0.1) is 0 Å². The van der Waals surface area contributed by atoms with Gasteiger partial charge in [0.1, 0.15) is 6.61 Å². The van der Waals surface area contributed by atoms with E-state index in [0.717, 1.165) is 0 Å². The molecule has 0 aromatic heterocycles. The first-order valence-electron chi connectivity index (χ1n) is 4.08. The Bertz CT molecular complexity index is 274. The number of aliphatic carboxylic acids is 1. The molecule has 0 saturated heterocycles. The Morgan fingerprint density at radius 2 is 2.27 bits per heavy atom. The number of carboxylic acid groups (broad SMARTS) is 1. The van der Waals surface area contributed by atoms with Gasteiger partial charge in [0.2, 0.25) is 0 Å². The van der Waals surface area contributed by atoms with Gasteiger partial charge < -0.3 is 14.6 Å². The van der Waals surface area contributed by atoms with E-state index in [0.29, 0.717) is 0 Å². The first kappa shape index (κ1) is 13.2. The molecule has 15 heavy (non-hydrogen) atoms. The van der Waals surface area contributed by atoms with Gasteiger partial charge >= 0.3 is 11.9 Å². The Hall–Kier alpha value is -1.79. The predicted molar refractivity (Wildman–Crippen MR) is 48.0 cm³/mol.